The Kier molecular flexibility index (Phi) is 6.35. The van der Waals surface area contributed by atoms with Crippen molar-refractivity contribution in [3.05, 3.63) is 82.2 Å². The van der Waals surface area contributed by atoms with Gasteiger partial charge in [-0.2, -0.15) is 8.42 Å². The molecule has 0 radical (unpaired) electrons. The van der Waals surface area contributed by atoms with Gasteiger partial charge in [0, 0.05) is 24.4 Å². The van der Waals surface area contributed by atoms with Crippen LogP contribution in [0.4, 0.5) is 8.78 Å². The van der Waals surface area contributed by atoms with E-state index in [1.807, 2.05) is 0 Å². The van der Waals surface area contributed by atoms with Gasteiger partial charge in [-0.05, 0) is 18.1 Å². The Morgan fingerprint density at radius 3 is 2.41 bits per heavy atom. The number of nitrogens with two attached hydrogens (primary N) is 2. The van der Waals surface area contributed by atoms with Crippen LogP contribution >= 0.6 is 0 Å². The van der Waals surface area contributed by atoms with Crippen molar-refractivity contribution < 1.29 is 21.4 Å². The number of aromatic nitrogens is 1. The fourth-order valence-corrected chi connectivity index (χ4v) is 4.45. The van der Waals surface area contributed by atoms with Crippen LogP contribution in [0, 0.1) is 23.0 Å². The molecule has 12 heteroatoms. The molecule has 0 amide bonds. The van der Waals surface area contributed by atoms with E-state index in [-0.39, 0.29) is 34.7 Å². The van der Waals surface area contributed by atoms with Crippen molar-refractivity contribution in [1.29, 1.82) is 5.41 Å². The minimum atomic E-state index is -4.62. The second-order valence-electron chi connectivity index (χ2n) is 7.22. The van der Waals surface area contributed by atoms with Crippen LogP contribution in [0.5, 0.6) is 5.75 Å². The molecular weight excluding hydrogens is 442 g/mol. The van der Waals surface area contributed by atoms with Crippen molar-refractivity contribution >= 4 is 16.0 Å². The molecule has 170 valence electrons. The van der Waals surface area contributed by atoms with Gasteiger partial charge in [-0.1, -0.05) is 19.9 Å². The molecule has 3 rings (SSSR count). The van der Waals surface area contributed by atoms with E-state index in [4.69, 9.17) is 21.1 Å². The minimum absolute atomic E-state index is 0.0550. The van der Waals surface area contributed by atoms with Gasteiger partial charge in [0.05, 0.1) is 17.9 Å². The summed E-state index contributed by atoms with van der Waals surface area (Å²) in [6.45, 7) is 3.39. The van der Waals surface area contributed by atoms with Crippen molar-refractivity contribution in [3.63, 3.8) is 0 Å². The third-order valence-corrected chi connectivity index (χ3v) is 5.77. The van der Waals surface area contributed by atoms with Gasteiger partial charge < -0.3 is 25.9 Å². The molecule has 0 bridgehead atoms. The topological polar surface area (TPSA) is 147 Å². The van der Waals surface area contributed by atoms with Gasteiger partial charge in [-0.15, -0.1) is 0 Å². The number of amidine groups is 1. The summed E-state index contributed by atoms with van der Waals surface area (Å²) in [4.78, 5) is 5.46. The van der Waals surface area contributed by atoms with Gasteiger partial charge in [-0.25, -0.2) is 8.78 Å². The largest absolute Gasteiger partial charge is 0.393 e. The summed E-state index contributed by atoms with van der Waals surface area (Å²) in [5.74, 6) is -3.31. The zero-order valence-corrected chi connectivity index (χ0v) is 18.1. The maximum absolute atomic E-state index is 13.6. The molecule has 1 aromatic carbocycles. The third kappa shape index (κ3) is 4.80. The first-order chi connectivity index (χ1) is 15.0. The second kappa shape index (κ2) is 8.83. The molecule has 0 atom stereocenters. The molecule has 0 fully saturated rings. The maximum atomic E-state index is 13.6. The van der Waals surface area contributed by atoms with Gasteiger partial charge in [0.2, 0.25) is 0 Å². The van der Waals surface area contributed by atoms with E-state index in [1.54, 1.807) is 32.0 Å². The fourth-order valence-electron chi connectivity index (χ4n) is 3.04. The van der Waals surface area contributed by atoms with Gasteiger partial charge in [0.25, 0.3) is 0 Å². The maximum Gasteiger partial charge on any atom is 0.356 e. The smallest absolute Gasteiger partial charge is 0.356 e. The number of hydrogen-bond donors (Lipinski definition) is 4. The molecule has 0 spiro atoms. The number of benzene rings is 1. The van der Waals surface area contributed by atoms with E-state index in [9.17, 15) is 17.2 Å². The summed E-state index contributed by atoms with van der Waals surface area (Å²) >= 11 is 0. The van der Waals surface area contributed by atoms with Crippen LogP contribution in [0.1, 0.15) is 19.5 Å². The third-order valence-electron chi connectivity index (χ3n) is 4.45. The standard InChI is InChI=1S/C20H22F2N6O3S/c1-11(2)17-20(32(29,30)31-15-8-12(21)7-13(22)9-15)28(10-14-5-3-4-6-26-14)19(27-17)16(23)18(24)25/h3-9,11,27H,10,23H2,1-2H3,(H3,24,25). The van der Waals surface area contributed by atoms with Crippen LogP contribution in [0.2, 0.25) is 0 Å². The lowest BCUT2D eigenvalue weighted by Crippen LogP contribution is -2.33. The molecule has 1 aromatic heterocycles. The Hall–Kier alpha value is -3.67. The Morgan fingerprint density at radius 1 is 1.22 bits per heavy atom. The number of halogens is 2. The summed E-state index contributed by atoms with van der Waals surface area (Å²) in [6.07, 6.45) is 1.53. The highest BCUT2D eigenvalue weighted by Gasteiger charge is 2.40. The number of nitrogens with one attached hydrogen (secondary N) is 2. The monoisotopic (exact) mass is 464 g/mol. The van der Waals surface area contributed by atoms with Gasteiger partial charge in [0.15, 0.2) is 5.03 Å². The van der Waals surface area contributed by atoms with Crippen molar-refractivity contribution in [2.75, 3.05) is 0 Å². The molecule has 0 saturated heterocycles. The summed E-state index contributed by atoms with van der Waals surface area (Å²) in [7, 11) is -4.62. The minimum Gasteiger partial charge on any atom is -0.393 e. The molecular formula is C20H22F2N6O3S. The lowest BCUT2D eigenvalue weighted by atomic mass is 10.1. The van der Waals surface area contributed by atoms with E-state index in [0.717, 1.165) is 12.1 Å². The molecule has 32 heavy (non-hydrogen) atoms. The van der Waals surface area contributed by atoms with Crippen LogP contribution < -0.4 is 21.0 Å². The molecule has 1 aliphatic heterocycles. The zero-order chi connectivity index (χ0) is 23.6. The highest BCUT2D eigenvalue weighted by Crippen LogP contribution is 2.35. The Bertz CT molecular complexity index is 1190. The van der Waals surface area contributed by atoms with E-state index in [2.05, 4.69) is 10.3 Å². The number of nitrogens with zero attached hydrogens (tertiary/aromatic N) is 2. The molecule has 0 saturated carbocycles. The summed E-state index contributed by atoms with van der Waals surface area (Å²) < 4.78 is 58.8. The van der Waals surface area contributed by atoms with E-state index in [1.165, 1.54) is 11.1 Å². The molecule has 2 aromatic rings. The van der Waals surface area contributed by atoms with Crippen molar-refractivity contribution in [2.45, 2.75) is 20.4 Å². The molecule has 1 aliphatic rings. The predicted molar refractivity (Wildman–Crippen MR) is 114 cm³/mol. The Labute approximate surface area is 184 Å². The highest BCUT2D eigenvalue weighted by molar-refractivity contribution is 7.91. The molecule has 0 aliphatic carbocycles. The summed E-state index contributed by atoms with van der Waals surface area (Å²) in [5, 5.41) is 10.3. The lowest BCUT2D eigenvalue weighted by Gasteiger charge is -2.23. The highest BCUT2D eigenvalue weighted by atomic mass is 32.2. The van der Waals surface area contributed by atoms with Gasteiger partial charge in [0.1, 0.15) is 34.7 Å². The first kappa shape index (κ1) is 23.0. The number of pyridine rings is 1. The van der Waals surface area contributed by atoms with E-state index >= 15 is 0 Å². The fraction of sp³-hybridized carbons (Fsp3) is 0.200. The van der Waals surface area contributed by atoms with Crippen LogP contribution in [0.15, 0.2) is 64.8 Å². The van der Waals surface area contributed by atoms with Crippen LogP contribution in [-0.2, 0) is 16.7 Å². The number of rotatable bonds is 7. The van der Waals surface area contributed by atoms with Crippen molar-refractivity contribution in [3.8, 4) is 5.75 Å². The zero-order valence-electron chi connectivity index (χ0n) is 17.3. The van der Waals surface area contributed by atoms with Gasteiger partial charge >= 0.3 is 10.1 Å². The molecule has 6 N–H and O–H groups in total. The Balaban J connectivity index is 2.15. The van der Waals surface area contributed by atoms with Crippen LogP contribution in [0.25, 0.3) is 0 Å². The van der Waals surface area contributed by atoms with Crippen molar-refractivity contribution in [1.82, 2.24) is 15.2 Å². The predicted octanol–water partition coefficient (Wildman–Crippen LogP) is 2.06. The molecule has 2 heterocycles. The molecule has 0 unspecified atom stereocenters. The van der Waals surface area contributed by atoms with Crippen molar-refractivity contribution in [2.24, 2.45) is 17.4 Å². The summed E-state index contributed by atoms with van der Waals surface area (Å²) in [6, 6.07) is 7.18. The van der Waals surface area contributed by atoms with Gasteiger partial charge in [-0.3, -0.25) is 10.4 Å². The SMILES string of the molecule is CC(C)C1=C(S(=O)(=O)Oc2cc(F)cc(F)c2)N(Cc2ccccn2)C(=C(N)C(=N)N)N1. The van der Waals surface area contributed by atoms with Crippen LogP contribution in [0.3, 0.4) is 0 Å². The lowest BCUT2D eigenvalue weighted by molar-refractivity contribution is 0.414. The first-order valence-electron chi connectivity index (χ1n) is 9.43. The first-order valence-corrected chi connectivity index (χ1v) is 10.8. The summed E-state index contributed by atoms with van der Waals surface area (Å²) in [5.41, 5.74) is 12.0. The second-order valence-corrected chi connectivity index (χ2v) is 8.69. The van der Waals surface area contributed by atoms with Crippen LogP contribution in [-0.4, -0.2) is 24.1 Å². The number of allylic oxidation sites excluding steroid dienone is 1. The quantitative estimate of drug-likeness (QED) is 0.277. The van der Waals surface area contributed by atoms with E-state index in [0.29, 0.717) is 11.8 Å². The normalized spacial score (nSPS) is 15.7. The van der Waals surface area contributed by atoms with E-state index < -0.39 is 33.3 Å². The average molecular weight is 464 g/mol. The Morgan fingerprint density at radius 2 is 1.88 bits per heavy atom. The number of hydrogen-bond acceptors (Lipinski definition) is 8. The average Bonchev–Trinajstić information content (AvgIpc) is 3.07. The molecule has 9 nitrogen and oxygen atoms in total.